The molecule has 0 saturated heterocycles. The topological polar surface area (TPSA) is 47.8 Å². The Morgan fingerprint density at radius 3 is 2.54 bits per heavy atom. The van der Waals surface area contributed by atoms with Crippen molar-refractivity contribution in [3.63, 3.8) is 0 Å². The molecular weight excluding hydrogens is 366 g/mol. The molecular formula is C23H21N3OS. The number of nitrogens with zero attached hydrogens (tertiary/aromatic N) is 3. The minimum absolute atomic E-state index is 0.0792. The van der Waals surface area contributed by atoms with Gasteiger partial charge < -0.3 is 0 Å². The molecule has 0 aliphatic heterocycles. The summed E-state index contributed by atoms with van der Waals surface area (Å²) in [4.78, 5) is 19.3. The van der Waals surface area contributed by atoms with Crippen molar-refractivity contribution in [1.29, 1.82) is 0 Å². The molecule has 0 fully saturated rings. The highest BCUT2D eigenvalue weighted by Crippen LogP contribution is 2.43. The first-order valence-electron chi connectivity index (χ1n) is 9.49. The van der Waals surface area contributed by atoms with Gasteiger partial charge in [-0.05, 0) is 42.3 Å². The van der Waals surface area contributed by atoms with Gasteiger partial charge >= 0.3 is 0 Å². The average molecular weight is 388 g/mol. The van der Waals surface area contributed by atoms with Gasteiger partial charge in [-0.1, -0.05) is 38.1 Å². The lowest BCUT2D eigenvalue weighted by atomic mass is 9.74. The third-order valence-electron chi connectivity index (χ3n) is 5.40. The molecule has 0 spiro atoms. The van der Waals surface area contributed by atoms with E-state index in [1.54, 1.807) is 11.3 Å². The van der Waals surface area contributed by atoms with Gasteiger partial charge in [-0.15, -0.1) is 11.3 Å². The van der Waals surface area contributed by atoms with Gasteiger partial charge in [-0.2, -0.15) is 5.10 Å². The molecule has 0 bridgehead atoms. The number of para-hydroxylation sites is 1. The van der Waals surface area contributed by atoms with Crippen LogP contribution in [0.25, 0.3) is 27.2 Å². The van der Waals surface area contributed by atoms with Crippen LogP contribution in [0.4, 0.5) is 0 Å². The third kappa shape index (κ3) is 2.61. The number of carbonyl (C=O) groups is 1. The minimum atomic E-state index is -0.0792. The van der Waals surface area contributed by atoms with Crippen LogP contribution in [-0.4, -0.2) is 20.5 Å². The highest BCUT2D eigenvalue weighted by molar-refractivity contribution is 7.13. The van der Waals surface area contributed by atoms with Crippen LogP contribution < -0.4 is 0 Å². The molecule has 28 heavy (non-hydrogen) atoms. The number of fused-ring (bicyclic) bond motifs is 2. The van der Waals surface area contributed by atoms with Gasteiger partial charge in [0, 0.05) is 22.4 Å². The van der Waals surface area contributed by atoms with E-state index in [2.05, 4.69) is 25.3 Å². The Kier molecular flexibility index (Phi) is 3.78. The van der Waals surface area contributed by atoms with Crippen LogP contribution >= 0.6 is 11.3 Å². The summed E-state index contributed by atoms with van der Waals surface area (Å²) in [6.07, 6.45) is 1.35. The lowest BCUT2D eigenvalue weighted by Gasteiger charge is -2.30. The van der Waals surface area contributed by atoms with Gasteiger partial charge in [0.1, 0.15) is 0 Å². The number of pyridine rings is 1. The second-order valence-electron chi connectivity index (χ2n) is 8.26. The molecule has 3 heterocycles. The number of carbonyl (C=O) groups excluding carboxylic acids is 1. The van der Waals surface area contributed by atoms with Crippen molar-refractivity contribution in [2.45, 2.75) is 33.6 Å². The Morgan fingerprint density at radius 2 is 1.82 bits per heavy atom. The molecule has 5 heteroatoms. The fraction of sp³-hybridized carbons (Fsp3) is 0.261. The van der Waals surface area contributed by atoms with E-state index in [1.165, 1.54) is 0 Å². The quantitative estimate of drug-likeness (QED) is 0.449. The summed E-state index contributed by atoms with van der Waals surface area (Å²) in [7, 11) is 0. The number of hydrogen-bond donors (Lipinski definition) is 0. The van der Waals surface area contributed by atoms with Gasteiger partial charge in [0.15, 0.2) is 11.4 Å². The molecule has 1 aromatic carbocycles. The maximum absolute atomic E-state index is 13.2. The van der Waals surface area contributed by atoms with Crippen molar-refractivity contribution >= 4 is 28.2 Å². The number of benzene rings is 1. The first-order chi connectivity index (χ1) is 13.4. The van der Waals surface area contributed by atoms with Crippen molar-refractivity contribution < 1.29 is 4.79 Å². The van der Waals surface area contributed by atoms with E-state index in [0.717, 1.165) is 50.5 Å². The summed E-state index contributed by atoms with van der Waals surface area (Å²) in [6, 6.07) is 14.2. The standard InChI is InChI=1S/C23H21N3OS/c1-14-19-21(18-10-7-11-28-18)20-16(12-23(2,3)13-17(20)27)24-22(19)26(25-14)15-8-5-4-6-9-15/h4-11H,12-13H2,1-3H3. The number of aryl methyl sites for hydroxylation is 1. The van der Waals surface area contributed by atoms with E-state index in [-0.39, 0.29) is 11.2 Å². The lowest BCUT2D eigenvalue weighted by Crippen LogP contribution is -2.28. The normalized spacial score (nSPS) is 15.8. The summed E-state index contributed by atoms with van der Waals surface area (Å²) in [5.74, 6) is 0.191. The van der Waals surface area contributed by atoms with Crippen molar-refractivity contribution in [1.82, 2.24) is 14.8 Å². The largest absolute Gasteiger partial charge is 0.294 e. The molecule has 1 aliphatic rings. The Balaban J connectivity index is 1.91. The minimum Gasteiger partial charge on any atom is -0.294 e. The van der Waals surface area contributed by atoms with E-state index in [0.29, 0.717) is 6.42 Å². The van der Waals surface area contributed by atoms with Crippen LogP contribution in [0, 0.1) is 12.3 Å². The lowest BCUT2D eigenvalue weighted by molar-refractivity contribution is 0.0911. The SMILES string of the molecule is Cc1nn(-c2ccccc2)c2nc3c(c(-c4cccs4)c12)C(=O)CC(C)(C)C3. The van der Waals surface area contributed by atoms with Crippen molar-refractivity contribution in [2.24, 2.45) is 5.41 Å². The number of rotatable bonds is 2. The molecule has 1 aliphatic carbocycles. The summed E-state index contributed by atoms with van der Waals surface area (Å²) in [6.45, 7) is 6.29. The number of thiophene rings is 1. The zero-order valence-electron chi connectivity index (χ0n) is 16.2. The zero-order valence-corrected chi connectivity index (χ0v) is 17.0. The fourth-order valence-electron chi connectivity index (χ4n) is 4.25. The van der Waals surface area contributed by atoms with E-state index < -0.39 is 0 Å². The van der Waals surface area contributed by atoms with Gasteiger partial charge in [-0.3, -0.25) is 4.79 Å². The maximum atomic E-state index is 13.2. The number of ketones is 1. The van der Waals surface area contributed by atoms with Crippen molar-refractivity contribution in [2.75, 3.05) is 0 Å². The molecule has 0 radical (unpaired) electrons. The zero-order chi connectivity index (χ0) is 19.5. The molecule has 0 saturated carbocycles. The van der Waals surface area contributed by atoms with Gasteiger partial charge in [-0.25, -0.2) is 9.67 Å². The second-order valence-corrected chi connectivity index (χ2v) is 9.21. The predicted molar refractivity (Wildman–Crippen MR) is 113 cm³/mol. The van der Waals surface area contributed by atoms with Crippen LogP contribution in [0.3, 0.4) is 0 Å². The third-order valence-corrected chi connectivity index (χ3v) is 6.29. The predicted octanol–water partition coefficient (Wildman–Crippen LogP) is 5.61. The first kappa shape index (κ1) is 17.3. The Hall–Kier alpha value is -2.79. The highest BCUT2D eigenvalue weighted by Gasteiger charge is 2.36. The van der Waals surface area contributed by atoms with E-state index in [1.807, 2.05) is 48.0 Å². The highest BCUT2D eigenvalue weighted by atomic mass is 32.1. The first-order valence-corrected chi connectivity index (χ1v) is 10.4. The Morgan fingerprint density at radius 1 is 1.04 bits per heavy atom. The molecule has 3 aromatic heterocycles. The number of hydrogen-bond acceptors (Lipinski definition) is 4. The molecule has 0 unspecified atom stereocenters. The van der Waals surface area contributed by atoms with E-state index >= 15 is 0 Å². The summed E-state index contributed by atoms with van der Waals surface area (Å²) in [5, 5.41) is 7.85. The Labute approximate surface area is 167 Å². The molecule has 0 atom stereocenters. The van der Waals surface area contributed by atoms with Crippen LogP contribution in [0.5, 0.6) is 0 Å². The number of aromatic nitrogens is 3. The summed E-state index contributed by atoms with van der Waals surface area (Å²) < 4.78 is 1.91. The van der Waals surface area contributed by atoms with Crippen LogP contribution in [-0.2, 0) is 6.42 Å². The van der Waals surface area contributed by atoms with E-state index in [9.17, 15) is 4.79 Å². The molecule has 0 N–H and O–H groups in total. The van der Waals surface area contributed by atoms with Gasteiger partial charge in [0.25, 0.3) is 0 Å². The molecule has 5 rings (SSSR count). The smallest absolute Gasteiger partial charge is 0.165 e. The monoisotopic (exact) mass is 387 g/mol. The molecule has 4 nitrogen and oxygen atoms in total. The number of Topliss-reactive ketones (excluding diaryl/α,β-unsaturated/α-hetero) is 1. The van der Waals surface area contributed by atoms with Crippen molar-refractivity contribution in [3.8, 4) is 16.1 Å². The van der Waals surface area contributed by atoms with Crippen LogP contribution in [0.2, 0.25) is 0 Å². The van der Waals surface area contributed by atoms with E-state index in [4.69, 9.17) is 10.1 Å². The second kappa shape index (κ2) is 6.11. The average Bonchev–Trinajstić information content (AvgIpc) is 3.28. The fourth-order valence-corrected chi connectivity index (χ4v) is 5.03. The van der Waals surface area contributed by atoms with Gasteiger partial charge in [0.2, 0.25) is 0 Å². The molecule has 0 amide bonds. The maximum Gasteiger partial charge on any atom is 0.165 e. The van der Waals surface area contributed by atoms with Crippen LogP contribution in [0.15, 0.2) is 47.8 Å². The summed E-state index contributed by atoms with van der Waals surface area (Å²) in [5.41, 5.74) is 5.33. The van der Waals surface area contributed by atoms with Crippen LogP contribution in [0.1, 0.15) is 42.0 Å². The summed E-state index contributed by atoms with van der Waals surface area (Å²) >= 11 is 1.66. The van der Waals surface area contributed by atoms with Gasteiger partial charge in [0.05, 0.1) is 22.5 Å². The molecule has 4 aromatic rings. The molecule has 140 valence electrons. The van der Waals surface area contributed by atoms with Crippen molar-refractivity contribution in [3.05, 3.63) is 64.8 Å². The Bertz CT molecular complexity index is 1200.